The first-order chi connectivity index (χ1) is 9.23. The number of hydrogen-bond acceptors (Lipinski definition) is 3. The Labute approximate surface area is 120 Å². The van der Waals surface area contributed by atoms with Gasteiger partial charge in [-0.3, -0.25) is 0 Å². The third-order valence-corrected chi connectivity index (χ3v) is 3.29. The van der Waals surface area contributed by atoms with E-state index in [1.165, 1.54) is 52.7 Å². The van der Waals surface area contributed by atoms with E-state index in [0.717, 1.165) is 5.92 Å². The highest BCUT2D eigenvalue weighted by atomic mass is 16.4. The van der Waals surface area contributed by atoms with E-state index in [9.17, 15) is 9.59 Å². The molecule has 5 nitrogen and oxygen atoms in total. The Balaban J connectivity index is 0.000000278. The third kappa shape index (κ3) is 8.48. The summed E-state index contributed by atoms with van der Waals surface area (Å²) in [5.74, 6) is -0.759. The van der Waals surface area contributed by atoms with Crippen LogP contribution in [0.2, 0.25) is 0 Å². The average molecular weight is 283 g/mol. The summed E-state index contributed by atoms with van der Waals surface area (Å²) in [6.07, 6.45) is 4.46. The van der Waals surface area contributed by atoms with Crippen molar-refractivity contribution < 1.29 is 19.8 Å². The van der Waals surface area contributed by atoms with E-state index in [1.807, 2.05) is 0 Å². The fourth-order valence-corrected chi connectivity index (χ4v) is 1.86. The lowest BCUT2D eigenvalue weighted by Crippen LogP contribution is -2.41. The average Bonchev–Trinajstić information content (AvgIpc) is 2.42. The van der Waals surface area contributed by atoms with Gasteiger partial charge >= 0.3 is 11.9 Å². The summed E-state index contributed by atoms with van der Waals surface area (Å²) in [4.78, 5) is 21.8. The van der Waals surface area contributed by atoms with Crippen LogP contribution in [0.3, 0.4) is 0 Å². The molecule has 114 valence electrons. The predicted octanol–water partition coefficient (Wildman–Crippen LogP) is 2.40. The molecule has 5 heteroatoms. The van der Waals surface area contributed by atoms with Crippen molar-refractivity contribution in [1.82, 2.24) is 4.90 Å². The van der Waals surface area contributed by atoms with Crippen LogP contribution < -0.4 is 0 Å². The van der Waals surface area contributed by atoms with Crippen molar-refractivity contribution in [2.24, 2.45) is 5.92 Å². The summed E-state index contributed by atoms with van der Waals surface area (Å²) in [6, 6.07) is 0. The molecule has 3 heterocycles. The van der Waals surface area contributed by atoms with Gasteiger partial charge in [-0.25, -0.2) is 9.59 Å². The van der Waals surface area contributed by atoms with Crippen molar-refractivity contribution in [3.63, 3.8) is 0 Å². The zero-order valence-corrected chi connectivity index (χ0v) is 12.4. The van der Waals surface area contributed by atoms with E-state index < -0.39 is 11.9 Å². The van der Waals surface area contributed by atoms with Crippen LogP contribution >= 0.6 is 0 Å². The summed E-state index contributed by atoms with van der Waals surface area (Å²) in [7, 11) is 0. The highest BCUT2D eigenvalue weighted by Gasteiger charge is 2.24. The van der Waals surface area contributed by atoms with Crippen molar-refractivity contribution in [3.05, 3.63) is 24.3 Å². The second-order valence-electron chi connectivity index (χ2n) is 5.24. The highest BCUT2D eigenvalue weighted by molar-refractivity contribution is 5.85. The van der Waals surface area contributed by atoms with Gasteiger partial charge in [0.25, 0.3) is 0 Å². The summed E-state index contributed by atoms with van der Waals surface area (Å²) in [5, 5.41) is 15.8. The molecule has 2 N–H and O–H groups in total. The minimum atomic E-state index is -0.935. The molecule has 0 unspecified atom stereocenters. The van der Waals surface area contributed by atoms with Gasteiger partial charge in [0.15, 0.2) is 0 Å². The van der Waals surface area contributed by atoms with E-state index in [-0.39, 0.29) is 11.1 Å². The second-order valence-corrected chi connectivity index (χ2v) is 5.24. The largest absolute Gasteiger partial charge is 0.478 e. The maximum atomic E-state index is 9.60. The van der Waals surface area contributed by atoms with E-state index in [2.05, 4.69) is 18.1 Å². The van der Waals surface area contributed by atoms with Gasteiger partial charge in [-0.1, -0.05) is 13.2 Å². The molecule has 3 fully saturated rings. The topological polar surface area (TPSA) is 77.8 Å². The molecule has 20 heavy (non-hydrogen) atoms. The zero-order valence-electron chi connectivity index (χ0n) is 12.4. The van der Waals surface area contributed by atoms with Gasteiger partial charge in [0, 0.05) is 11.1 Å². The van der Waals surface area contributed by atoms with Gasteiger partial charge in [-0.05, 0) is 58.7 Å². The van der Waals surface area contributed by atoms with Crippen LogP contribution in [0.1, 0.15) is 33.1 Å². The maximum absolute atomic E-state index is 9.60. The van der Waals surface area contributed by atoms with Crippen LogP contribution in [0.5, 0.6) is 0 Å². The molecule has 0 aromatic carbocycles. The fraction of sp³-hybridized carbons (Fsp3) is 0.600. The first kappa shape index (κ1) is 18.4. The number of hydrogen-bond donors (Lipinski definition) is 2. The maximum Gasteiger partial charge on any atom is 0.330 e. The molecule has 0 saturated carbocycles. The molecule has 0 atom stereocenters. The molecule has 3 rings (SSSR count). The first-order valence-electron chi connectivity index (χ1n) is 6.74. The van der Waals surface area contributed by atoms with Crippen LogP contribution in [0, 0.1) is 5.92 Å². The molecular weight excluding hydrogens is 258 g/mol. The Hall–Kier alpha value is -1.62. The number of carboxylic acid groups (broad SMARTS) is 2. The zero-order chi connectivity index (χ0) is 15.7. The molecule has 0 aromatic rings. The fourth-order valence-electron chi connectivity index (χ4n) is 1.86. The Morgan fingerprint density at radius 2 is 1.15 bits per heavy atom. The van der Waals surface area contributed by atoms with Crippen LogP contribution in [-0.2, 0) is 9.59 Å². The number of carboxylic acids is 2. The number of carbonyl (C=O) groups is 2. The van der Waals surface area contributed by atoms with Gasteiger partial charge in [0.1, 0.15) is 0 Å². The molecule has 2 bridgehead atoms. The second kappa shape index (κ2) is 9.31. The highest BCUT2D eigenvalue weighted by Crippen LogP contribution is 2.26. The van der Waals surface area contributed by atoms with Crippen molar-refractivity contribution in [3.8, 4) is 0 Å². The summed E-state index contributed by atoms with van der Waals surface area (Å²) in [5.41, 5.74) is 0.352. The molecule has 0 aromatic heterocycles. The summed E-state index contributed by atoms with van der Waals surface area (Å²) >= 11 is 0. The molecule has 0 radical (unpaired) electrons. The molecule has 3 aliphatic rings. The lowest BCUT2D eigenvalue weighted by molar-refractivity contribution is -0.133. The van der Waals surface area contributed by atoms with Gasteiger partial charge in [0.2, 0.25) is 0 Å². The Morgan fingerprint density at radius 1 is 0.900 bits per heavy atom. The Bertz CT molecular complexity index is 297. The minimum Gasteiger partial charge on any atom is -0.478 e. The number of fused-ring (bicyclic) bond motifs is 3. The SMILES string of the molecule is C1CN2CCC1CC2.C=C(C)C(=O)O.C=C(C)C(=O)O. The molecule has 3 saturated heterocycles. The van der Waals surface area contributed by atoms with Gasteiger partial charge in [-0.2, -0.15) is 0 Å². The molecule has 3 aliphatic heterocycles. The predicted molar refractivity (Wildman–Crippen MR) is 78.7 cm³/mol. The number of nitrogens with zero attached hydrogens (tertiary/aromatic N) is 1. The molecule has 0 amide bonds. The van der Waals surface area contributed by atoms with Crippen LogP contribution in [-0.4, -0.2) is 46.7 Å². The quantitative estimate of drug-likeness (QED) is 0.761. The molecular formula is C15H25NO4. The van der Waals surface area contributed by atoms with Crippen LogP contribution in [0.4, 0.5) is 0 Å². The number of aliphatic carboxylic acids is 2. The molecule has 0 aliphatic carbocycles. The lowest BCUT2D eigenvalue weighted by Gasteiger charge is -2.38. The summed E-state index contributed by atoms with van der Waals surface area (Å²) in [6.45, 7) is 13.4. The minimum absolute atomic E-state index is 0.176. The Kier molecular flexibility index (Phi) is 8.56. The van der Waals surface area contributed by atoms with Crippen LogP contribution in [0.15, 0.2) is 24.3 Å². The van der Waals surface area contributed by atoms with Gasteiger partial charge in [0.05, 0.1) is 0 Å². The molecule has 0 spiro atoms. The smallest absolute Gasteiger partial charge is 0.330 e. The summed E-state index contributed by atoms with van der Waals surface area (Å²) < 4.78 is 0. The van der Waals surface area contributed by atoms with Crippen molar-refractivity contribution in [2.75, 3.05) is 19.6 Å². The van der Waals surface area contributed by atoms with E-state index in [0.29, 0.717) is 0 Å². The lowest BCUT2D eigenvalue weighted by atomic mass is 9.89. The van der Waals surface area contributed by atoms with E-state index in [1.54, 1.807) is 0 Å². The van der Waals surface area contributed by atoms with Gasteiger partial charge < -0.3 is 15.1 Å². The monoisotopic (exact) mass is 283 g/mol. The van der Waals surface area contributed by atoms with Crippen molar-refractivity contribution >= 4 is 11.9 Å². The third-order valence-electron chi connectivity index (χ3n) is 3.29. The standard InChI is InChI=1S/C7H13N.2C4H6O2/c1-4-8-5-2-7(1)3-6-8;2*1-3(2)4(5)6/h7H,1-6H2;2*1H2,2H3,(H,5,6). The van der Waals surface area contributed by atoms with Crippen molar-refractivity contribution in [2.45, 2.75) is 33.1 Å². The van der Waals surface area contributed by atoms with Crippen molar-refractivity contribution in [1.29, 1.82) is 0 Å². The van der Waals surface area contributed by atoms with Crippen LogP contribution in [0.25, 0.3) is 0 Å². The van der Waals surface area contributed by atoms with Gasteiger partial charge in [-0.15, -0.1) is 0 Å². The number of piperidine rings is 3. The van der Waals surface area contributed by atoms with E-state index in [4.69, 9.17) is 10.2 Å². The first-order valence-corrected chi connectivity index (χ1v) is 6.74. The normalized spacial score (nSPS) is 22.5. The van der Waals surface area contributed by atoms with E-state index >= 15 is 0 Å². The Morgan fingerprint density at radius 3 is 1.20 bits per heavy atom. The number of rotatable bonds is 2.